The minimum atomic E-state index is -1.17. The number of nitro benzene ring substituents is 1. The van der Waals surface area contributed by atoms with Crippen LogP contribution in [0.4, 0.5) is 5.69 Å². The Bertz CT molecular complexity index is 808. The van der Waals surface area contributed by atoms with Crippen molar-refractivity contribution in [2.24, 2.45) is 0 Å². The van der Waals surface area contributed by atoms with Crippen molar-refractivity contribution in [1.29, 1.82) is 0 Å². The summed E-state index contributed by atoms with van der Waals surface area (Å²) in [6.45, 7) is 3.15. The maximum Gasteiger partial charge on any atom is 0.341 e. The summed E-state index contributed by atoms with van der Waals surface area (Å²) in [6.07, 6.45) is -0.158. The number of ether oxygens (including phenoxy) is 1. The molecule has 0 fully saturated rings. The number of hydrogen-bond donors (Lipinski definition) is 3. The Labute approximate surface area is 136 Å². The van der Waals surface area contributed by atoms with E-state index in [1.54, 1.807) is 13.8 Å². The summed E-state index contributed by atoms with van der Waals surface area (Å²) in [5.74, 6) is -3.22. The first kappa shape index (κ1) is 17.0. The third-order valence-electron chi connectivity index (χ3n) is 3.52. The van der Waals surface area contributed by atoms with Crippen LogP contribution in [0, 0.1) is 10.1 Å². The van der Waals surface area contributed by atoms with E-state index in [2.05, 4.69) is 5.32 Å². The number of allylic oxidation sites excluding steroid dienone is 2. The van der Waals surface area contributed by atoms with E-state index in [0.29, 0.717) is 11.4 Å². The number of dihydropyridines is 1. The lowest BCUT2D eigenvalue weighted by molar-refractivity contribution is -0.385. The van der Waals surface area contributed by atoms with Gasteiger partial charge in [-0.25, -0.2) is 9.59 Å². The number of phenols is 1. The number of phenolic OH excluding ortho intramolecular Hbond substituents is 1. The molecule has 0 unspecified atom stereocenters. The Morgan fingerprint density at radius 3 is 2.46 bits per heavy atom. The van der Waals surface area contributed by atoms with Gasteiger partial charge in [-0.2, -0.15) is 0 Å². The van der Waals surface area contributed by atoms with Crippen molar-refractivity contribution in [3.63, 3.8) is 0 Å². The van der Waals surface area contributed by atoms with E-state index in [4.69, 9.17) is 9.84 Å². The third-order valence-corrected chi connectivity index (χ3v) is 3.52. The molecule has 0 saturated heterocycles. The first-order chi connectivity index (χ1) is 11.2. The van der Waals surface area contributed by atoms with E-state index >= 15 is 0 Å². The summed E-state index contributed by atoms with van der Waals surface area (Å²) >= 11 is 0. The first-order valence-electron chi connectivity index (χ1n) is 6.80. The molecule has 3 N–H and O–H groups in total. The molecule has 2 rings (SSSR count). The van der Waals surface area contributed by atoms with Gasteiger partial charge in [-0.3, -0.25) is 10.1 Å². The fourth-order valence-corrected chi connectivity index (χ4v) is 2.24. The molecule has 0 saturated carbocycles. The summed E-state index contributed by atoms with van der Waals surface area (Å²) in [5.41, 5.74) is 0.289. The molecule has 9 heteroatoms. The van der Waals surface area contributed by atoms with Crippen molar-refractivity contribution in [2.45, 2.75) is 20.3 Å². The number of carboxylic acids is 1. The van der Waals surface area contributed by atoms with Gasteiger partial charge >= 0.3 is 17.6 Å². The van der Waals surface area contributed by atoms with Crippen LogP contribution >= 0.6 is 0 Å². The Morgan fingerprint density at radius 1 is 1.25 bits per heavy atom. The molecule has 24 heavy (non-hydrogen) atoms. The molecule has 1 aromatic rings. The maximum absolute atomic E-state index is 12.3. The van der Waals surface area contributed by atoms with Crippen LogP contribution < -0.4 is 10.1 Å². The van der Waals surface area contributed by atoms with Crippen LogP contribution in [0.3, 0.4) is 0 Å². The number of benzene rings is 1. The molecule has 9 nitrogen and oxygen atoms in total. The summed E-state index contributed by atoms with van der Waals surface area (Å²) in [7, 11) is 0. The van der Waals surface area contributed by atoms with Crippen molar-refractivity contribution in [3.8, 4) is 11.5 Å². The van der Waals surface area contributed by atoms with Gasteiger partial charge in [-0.15, -0.1) is 0 Å². The number of nitro groups is 1. The number of esters is 1. The molecule has 0 amide bonds. The van der Waals surface area contributed by atoms with Gasteiger partial charge in [-0.1, -0.05) is 6.07 Å². The summed E-state index contributed by atoms with van der Waals surface area (Å²) < 4.78 is 5.00. The Balaban J connectivity index is 2.28. The van der Waals surface area contributed by atoms with Gasteiger partial charge < -0.3 is 20.3 Å². The molecule has 1 aliphatic heterocycles. The maximum atomic E-state index is 12.3. The van der Waals surface area contributed by atoms with Crippen LogP contribution in [0.2, 0.25) is 0 Å². The lowest BCUT2D eigenvalue weighted by Gasteiger charge is -2.21. The molecule has 1 aliphatic rings. The van der Waals surface area contributed by atoms with Gasteiger partial charge in [0.1, 0.15) is 0 Å². The van der Waals surface area contributed by atoms with Crippen LogP contribution in [0.25, 0.3) is 0 Å². The normalized spacial score (nSPS) is 14.2. The number of carbonyl (C=O) groups excluding carboxylic acids is 1. The lowest BCUT2D eigenvalue weighted by atomic mass is 9.98. The number of carbonyl (C=O) groups is 2. The van der Waals surface area contributed by atoms with E-state index in [9.17, 15) is 24.8 Å². The van der Waals surface area contributed by atoms with Gasteiger partial charge in [0, 0.05) is 23.9 Å². The second-order valence-corrected chi connectivity index (χ2v) is 5.08. The molecule has 0 aliphatic carbocycles. The van der Waals surface area contributed by atoms with E-state index in [1.165, 1.54) is 12.1 Å². The Hall–Kier alpha value is -3.36. The average Bonchev–Trinajstić information content (AvgIpc) is 2.48. The summed E-state index contributed by atoms with van der Waals surface area (Å²) in [5, 5.41) is 32.5. The molecule has 0 radical (unpaired) electrons. The number of rotatable bonds is 4. The molecule has 0 aromatic heterocycles. The van der Waals surface area contributed by atoms with Crippen molar-refractivity contribution in [2.75, 3.05) is 0 Å². The SMILES string of the molecule is CC1=C(C(=O)O)CC(C(=O)Oc2cccc([N+](=O)[O-])c2O)=C(C)N1. The highest BCUT2D eigenvalue weighted by molar-refractivity contribution is 5.97. The van der Waals surface area contributed by atoms with Crippen LogP contribution in [-0.2, 0) is 9.59 Å². The highest BCUT2D eigenvalue weighted by Gasteiger charge is 2.27. The molecule has 0 bridgehead atoms. The van der Waals surface area contributed by atoms with Gasteiger partial charge in [0.15, 0.2) is 5.75 Å². The predicted octanol–water partition coefficient (Wildman–Crippen LogP) is 1.83. The molecule has 126 valence electrons. The number of carboxylic acid groups (broad SMARTS) is 1. The second-order valence-electron chi connectivity index (χ2n) is 5.08. The van der Waals surface area contributed by atoms with Crippen LogP contribution in [0.5, 0.6) is 11.5 Å². The lowest BCUT2D eigenvalue weighted by Crippen LogP contribution is -2.26. The van der Waals surface area contributed by atoms with E-state index < -0.39 is 28.3 Å². The van der Waals surface area contributed by atoms with Crippen LogP contribution in [0.15, 0.2) is 40.7 Å². The largest absolute Gasteiger partial charge is 0.499 e. The number of nitrogens with zero attached hydrogens (tertiary/aromatic N) is 1. The second kappa shape index (κ2) is 6.41. The monoisotopic (exact) mass is 334 g/mol. The fourth-order valence-electron chi connectivity index (χ4n) is 2.24. The average molecular weight is 334 g/mol. The molecular formula is C15H14N2O7. The number of nitrogens with one attached hydrogen (secondary N) is 1. The molecule has 1 aromatic carbocycles. The van der Waals surface area contributed by atoms with E-state index in [1.807, 2.05) is 0 Å². The number of para-hydroxylation sites is 1. The van der Waals surface area contributed by atoms with Gasteiger partial charge in [0.05, 0.1) is 16.1 Å². The minimum absolute atomic E-state index is 0.0100. The topological polar surface area (TPSA) is 139 Å². The van der Waals surface area contributed by atoms with E-state index in [0.717, 1.165) is 6.07 Å². The quantitative estimate of drug-likeness (QED) is 0.328. The number of aromatic hydroxyl groups is 1. The third kappa shape index (κ3) is 3.19. The van der Waals surface area contributed by atoms with Gasteiger partial charge in [0.25, 0.3) is 0 Å². The zero-order valence-corrected chi connectivity index (χ0v) is 12.8. The van der Waals surface area contributed by atoms with Crippen molar-refractivity contribution in [3.05, 3.63) is 50.9 Å². The smallest absolute Gasteiger partial charge is 0.341 e. The zero-order chi connectivity index (χ0) is 18.0. The standard InChI is InChI=1S/C15H14N2O7/c1-7-9(14(19)20)6-10(8(2)16-7)15(21)24-12-5-3-4-11(13(12)18)17(22)23/h3-5,16,18H,6H2,1-2H3,(H,19,20). The van der Waals surface area contributed by atoms with Crippen molar-refractivity contribution >= 4 is 17.6 Å². The Morgan fingerprint density at radius 2 is 1.88 bits per heavy atom. The molecule has 0 spiro atoms. The molecule has 0 atom stereocenters. The summed E-state index contributed by atoms with van der Waals surface area (Å²) in [4.78, 5) is 33.4. The molecular weight excluding hydrogens is 320 g/mol. The number of aliphatic carboxylic acids is 1. The van der Waals surface area contributed by atoms with Crippen molar-refractivity contribution < 1.29 is 29.5 Å². The highest BCUT2D eigenvalue weighted by Crippen LogP contribution is 2.36. The van der Waals surface area contributed by atoms with Gasteiger partial charge in [-0.05, 0) is 19.9 Å². The van der Waals surface area contributed by atoms with E-state index in [-0.39, 0.29) is 23.3 Å². The number of hydrogen-bond acceptors (Lipinski definition) is 7. The van der Waals surface area contributed by atoms with Crippen LogP contribution in [0.1, 0.15) is 20.3 Å². The highest BCUT2D eigenvalue weighted by atomic mass is 16.6. The summed E-state index contributed by atoms with van der Waals surface area (Å²) in [6, 6.07) is 3.52. The van der Waals surface area contributed by atoms with Crippen LogP contribution in [-0.4, -0.2) is 27.1 Å². The first-order valence-corrected chi connectivity index (χ1v) is 6.80. The zero-order valence-electron chi connectivity index (χ0n) is 12.8. The molecule has 1 heterocycles. The minimum Gasteiger partial charge on any atom is -0.499 e. The predicted molar refractivity (Wildman–Crippen MR) is 81.2 cm³/mol. The van der Waals surface area contributed by atoms with Gasteiger partial charge in [0.2, 0.25) is 5.75 Å². The Kier molecular flexibility index (Phi) is 4.54. The fraction of sp³-hybridized carbons (Fsp3) is 0.200. The van der Waals surface area contributed by atoms with Crippen molar-refractivity contribution in [1.82, 2.24) is 5.32 Å².